The van der Waals surface area contributed by atoms with E-state index in [-0.39, 0.29) is 0 Å². The number of halogens is 1. The van der Waals surface area contributed by atoms with Gasteiger partial charge in [-0.15, -0.1) is 11.3 Å². The molecule has 0 fully saturated rings. The van der Waals surface area contributed by atoms with Gasteiger partial charge in [-0.25, -0.2) is 9.97 Å². The Morgan fingerprint density at radius 1 is 1.32 bits per heavy atom. The molecule has 0 amide bonds. The number of rotatable bonds is 4. The van der Waals surface area contributed by atoms with E-state index in [0.717, 1.165) is 23.1 Å². The van der Waals surface area contributed by atoms with Gasteiger partial charge >= 0.3 is 0 Å². The average Bonchev–Trinajstić information content (AvgIpc) is 2.77. The maximum Gasteiger partial charge on any atom is 0.225 e. The van der Waals surface area contributed by atoms with Gasteiger partial charge in [0.15, 0.2) is 0 Å². The lowest BCUT2D eigenvalue weighted by Crippen LogP contribution is -2.10. The summed E-state index contributed by atoms with van der Waals surface area (Å²) in [4.78, 5) is 11.4. The molecule has 1 aliphatic rings. The third-order valence-electron chi connectivity index (χ3n) is 3.36. The monoisotopic (exact) mass is 297 g/mol. The van der Waals surface area contributed by atoms with Crippen LogP contribution < -0.4 is 5.32 Å². The zero-order chi connectivity index (χ0) is 13.2. The maximum absolute atomic E-state index is 6.34. The zero-order valence-electron chi connectivity index (χ0n) is 10.8. The van der Waals surface area contributed by atoms with Gasteiger partial charge in [0.2, 0.25) is 5.95 Å². The van der Waals surface area contributed by atoms with Crippen LogP contribution in [0.4, 0.5) is 5.95 Å². The van der Waals surface area contributed by atoms with Crippen molar-refractivity contribution in [1.29, 1.82) is 0 Å². The summed E-state index contributed by atoms with van der Waals surface area (Å²) in [7, 11) is 1.67. The fourth-order valence-corrected chi connectivity index (χ4v) is 4.06. The van der Waals surface area contributed by atoms with Gasteiger partial charge in [-0.3, -0.25) is 0 Å². The number of aryl methyl sites for hydroxylation is 2. The normalized spacial score (nSPS) is 14.6. The SMILES string of the molecule is COCCNc1nc(Cl)c2c3c(sc2n1)CCCC3. The number of methoxy groups -OCH3 is 1. The van der Waals surface area contributed by atoms with Gasteiger partial charge in [-0.1, -0.05) is 11.6 Å². The van der Waals surface area contributed by atoms with Crippen molar-refractivity contribution in [3.05, 3.63) is 15.6 Å². The topological polar surface area (TPSA) is 47.0 Å². The molecular formula is C13H16ClN3OS. The number of ether oxygens (including phenoxy) is 1. The Morgan fingerprint density at radius 2 is 2.16 bits per heavy atom. The number of thiophene rings is 1. The van der Waals surface area contributed by atoms with E-state index >= 15 is 0 Å². The molecule has 6 heteroatoms. The first-order valence-corrected chi connectivity index (χ1v) is 7.69. The number of aromatic nitrogens is 2. The molecule has 4 nitrogen and oxygen atoms in total. The van der Waals surface area contributed by atoms with Crippen molar-refractivity contribution < 1.29 is 4.74 Å². The van der Waals surface area contributed by atoms with Crippen LogP contribution in [0.15, 0.2) is 0 Å². The Kier molecular flexibility index (Phi) is 3.86. The molecule has 0 bridgehead atoms. The van der Waals surface area contributed by atoms with Crippen LogP contribution in [0.3, 0.4) is 0 Å². The predicted octanol–water partition coefficient (Wildman–Crippen LogP) is 3.28. The smallest absolute Gasteiger partial charge is 0.225 e. The largest absolute Gasteiger partial charge is 0.383 e. The maximum atomic E-state index is 6.34. The Morgan fingerprint density at radius 3 is 3.00 bits per heavy atom. The lowest BCUT2D eigenvalue weighted by Gasteiger charge is -2.10. The Bertz CT molecular complexity index is 599. The van der Waals surface area contributed by atoms with E-state index in [2.05, 4.69) is 15.3 Å². The minimum atomic E-state index is 0.573. The van der Waals surface area contributed by atoms with Gasteiger partial charge in [0.05, 0.1) is 12.0 Å². The fraction of sp³-hybridized carbons (Fsp3) is 0.538. The Labute approximate surface area is 121 Å². The summed E-state index contributed by atoms with van der Waals surface area (Å²) in [5.74, 6) is 0.591. The number of nitrogens with one attached hydrogen (secondary N) is 1. The summed E-state index contributed by atoms with van der Waals surface area (Å²) in [5, 5.41) is 4.78. The molecule has 1 aliphatic carbocycles. The van der Waals surface area contributed by atoms with Crippen LogP contribution in [-0.4, -0.2) is 30.2 Å². The highest BCUT2D eigenvalue weighted by atomic mass is 35.5. The quantitative estimate of drug-likeness (QED) is 0.695. The van der Waals surface area contributed by atoms with E-state index in [1.165, 1.54) is 23.3 Å². The van der Waals surface area contributed by atoms with Gasteiger partial charge in [-0.2, -0.15) is 0 Å². The molecule has 2 aromatic rings. The van der Waals surface area contributed by atoms with E-state index in [9.17, 15) is 0 Å². The molecule has 0 saturated heterocycles. The highest BCUT2D eigenvalue weighted by molar-refractivity contribution is 7.19. The molecule has 0 aromatic carbocycles. The van der Waals surface area contributed by atoms with Crippen molar-refractivity contribution in [1.82, 2.24) is 9.97 Å². The lowest BCUT2D eigenvalue weighted by atomic mass is 9.97. The number of hydrogen-bond acceptors (Lipinski definition) is 5. The van der Waals surface area contributed by atoms with Crippen molar-refractivity contribution in [2.75, 3.05) is 25.6 Å². The van der Waals surface area contributed by atoms with Crippen LogP contribution in [0.5, 0.6) is 0 Å². The van der Waals surface area contributed by atoms with E-state index < -0.39 is 0 Å². The van der Waals surface area contributed by atoms with Crippen LogP contribution in [0, 0.1) is 0 Å². The van der Waals surface area contributed by atoms with Gasteiger partial charge in [-0.05, 0) is 31.2 Å². The molecule has 1 N–H and O–H groups in total. The average molecular weight is 298 g/mol. The second-order valence-electron chi connectivity index (χ2n) is 4.65. The second-order valence-corrected chi connectivity index (χ2v) is 6.09. The van der Waals surface area contributed by atoms with E-state index in [0.29, 0.717) is 24.3 Å². The van der Waals surface area contributed by atoms with Crippen molar-refractivity contribution in [3.8, 4) is 0 Å². The molecule has 102 valence electrons. The van der Waals surface area contributed by atoms with Gasteiger partial charge in [0, 0.05) is 18.5 Å². The first-order chi connectivity index (χ1) is 9.29. The van der Waals surface area contributed by atoms with Crippen LogP contribution in [-0.2, 0) is 17.6 Å². The molecule has 2 heterocycles. The van der Waals surface area contributed by atoms with Gasteiger partial charge in [0.1, 0.15) is 9.98 Å². The first-order valence-electron chi connectivity index (χ1n) is 6.50. The molecule has 19 heavy (non-hydrogen) atoms. The number of fused-ring (bicyclic) bond motifs is 3. The van der Waals surface area contributed by atoms with Crippen molar-refractivity contribution in [3.63, 3.8) is 0 Å². The van der Waals surface area contributed by atoms with Crippen LogP contribution >= 0.6 is 22.9 Å². The molecule has 0 unspecified atom stereocenters. The third-order valence-corrected chi connectivity index (χ3v) is 4.82. The Hall–Kier alpha value is -0.910. The predicted molar refractivity (Wildman–Crippen MR) is 79.4 cm³/mol. The number of nitrogens with zero attached hydrogens (tertiary/aromatic N) is 2. The molecule has 0 aliphatic heterocycles. The lowest BCUT2D eigenvalue weighted by molar-refractivity contribution is 0.210. The van der Waals surface area contributed by atoms with E-state index in [1.54, 1.807) is 18.4 Å². The zero-order valence-corrected chi connectivity index (χ0v) is 12.4. The summed E-state index contributed by atoms with van der Waals surface area (Å²) in [6.07, 6.45) is 4.76. The number of hydrogen-bond donors (Lipinski definition) is 1. The van der Waals surface area contributed by atoms with Gasteiger partial charge in [0.25, 0.3) is 0 Å². The van der Waals surface area contributed by atoms with Crippen LogP contribution in [0.25, 0.3) is 10.2 Å². The second kappa shape index (κ2) is 5.61. The standard InChI is InChI=1S/C13H16ClN3OS/c1-18-7-6-15-13-16-11(14)10-8-4-2-3-5-9(8)19-12(10)17-13/h2-7H2,1H3,(H,15,16,17). The first kappa shape index (κ1) is 13.1. The summed E-state index contributed by atoms with van der Waals surface area (Å²) in [5.41, 5.74) is 1.37. The minimum absolute atomic E-state index is 0.573. The molecule has 3 rings (SSSR count). The highest BCUT2D eigenvalue weighted by Crippen LogP contribution is 2.38. The summed E-state index contributed by atoms with van der Waals surface area (Å²) in [6, 6.07) is 0. The van der Waals surface area contributed by atoms with Crippen LogP contribution in [0.1, 0.15) is 23.3 Å². The molecule has 0 saturated carbocycles. The summed E-state index contributed by atoms with van der Waals surface area (Å²) < 4.78 is 5.00. The number of anilines is 1. The minimum Gasteiger partial charge on any atom is -0.383 e. The van der Waals surface area contributed by atoms with E-state index in [4.69, 9.17) is 16.3 Å². The van der Waals surface area contributed by atoms with E-state index in [1.807, 2.05) is 0 Å². The van der Waals surface area contributed by atoms with Crippen LogP contribution in [0.2, 0.25) is 5.15 Å². The molecular weight excluding hydrogens is 282 g/mol. The molecule has 0 atom stereocenters. The summed E-state index contributed by atoms with van der Waals surface area (Å²) >= 11 is 8.10. The highest BCUT2D eigenvalue weighted by Gasteiger charge is 2.20. The summed E-state index contributed by atoms with van der Waals surface area (Å²) in [6.45, 7) is 1.31. The third kappa shape index (κ3) is 2.55. The van der Waals surface area contributed by atoms with Crippen molar-refractivity contribution >= 4 is 39.1 Å². The molecule has 2 aromatic heterocycles. The van der Waals surface area contributed by atoms with Crippen molar-refractivity contribution in [2.24, 2.45) is 0 Å². The molecule has 0 spiro atoms. The fourth-order valence-electron chi connectivity index (χ4n) is 2.46. The Balaban J connectivity index is 1.97. The van der Waals surface area contributed by atoms with Crippen molar-refractivity contribution in [2.45, 2.75) is 25.7 Å². The molecule has 0 radical (unpaired) electrons. The van der Waals surface area contributed by atoms with Gasteiger partial charge < -0.3 is 10.1 Å².